The zero-order chi connectivity index (χ0) is 61.9. The van der Waals surface area contributed by atoms with E-state index in [1.807, 2.05) is 21.1 Å². The van der Waals surface area contributed by atoms with Crippen LogP contribution in [0.15, 0.2) is 109 Å². The molecule has 9 nitrogen and oxygen atoms in total. The fourth-order valence-corrected chi connectivity index (χ4v) is 9.73. The molecular formula is C76H131NO8. The summed E-state index contributed by atoms with van der Waals surface area (Å²) < 4.78 is 22.8. The molecule has 0 rings (SSSR count). The smallest absolute Gasteiger partial charge is 0.306 e. The molecule has 0 aromatic rings. The lowest BCUT2D eigenvalue weighted by molar-refractivity contribution is -0.870. The molecule has 0 radical (unpaired) electrons. The molecule has 85 heavy (non-hydrogen) atoms. The Balaban J connectivity index is 4.09. The quantitative estimate of drug-likeness (QED) is 0.0195. The highest BCUT2D eigenvalue weighted by molar-refractivity contribution is 5.70. The van der Waals surface area contributed by atoms with E-state index >= 15 is 0 Å². The van der Waals surface area contributed by atoms with Gasteiger partial charge in [0.05, 0.1) is 40.3 Å². The first-order valence-electron chi connectivity index (χ1n) is 35.0. The maximum atomic E-state index is 12.9. The third-order valence-electron chi connectivity index (χ3n) is 15.0. The molecule has 0 aromatic carbocycles. The Bertz CT molecular complexity index is 1760. The van der Waals surface area contributed by atoms with E-state index < -0.39 is 24.3 Å². The first kappa shape index (κ1) is 81.0. The van der Waals surface area contributed by atoms with Crippen LogP contribution >= 0.6 is 0 Å². The molecule has 0 aliphatic rings. The van der Waals surface area contributed by atoms with Crippen LogP contribution in [0.4, 0.5) is 0 Å². The lowest BCUT2D eigenvalue weighted by atomic mass is 10.0. The molecule has 0 fully saturated rings. The molecule has 0 heterocycles. The van der Waals surface area contributed by atoms with Crippen molar-refractivity contribution in [2.45, 2.75) is 309 Å². The number of carboxylic acids is 1. The zero-order valence-corrected chi connectivity index (χ0v) is 55.7. The molecule has 9 heteroatoms. The van der Waals surface area contributed by atoms with E-state index in [0.717, 1.165) is 103 Å². The second kappa shape index (κ2) is 65.9. The highest BCUT2D eigenvalue weighted by Crippen LogP contribution is 2.18. The van der Waals surface area contributed by atoms with E-state index in [2.05, 4.69) is 123 Å². The van der Waals surface area contributed by atoms with Crippen LogP contribution in [0.25, 0.3) is 0 Å². The lowest BCUT2D eigenvalue weighted by Crippen LogP contribution is -2.44. The van der Waals surface area contributed by atoms with Crippen LogP contribution in [-0.4, -0.2) is 82.3 Å². The molecule has 0 N–H and O–H groups in total. The largest absolute Gasteiger partial charge is 0.545 e. The van der Waals surface area contributed by atoms with Crippen LogP contribution < -0.4 is 5.11 Å². The first-order valence-corrected chi connectivity index (χ1v) is 35.0. The number of quaternary nitrogens is 1. The number of hydrogen-bond donors (Lipinski definition) is 0. The summed E-state index contributed by atoms with van der Waals surface area (Å²) in [4.78, 5) is 37.5. The van der Waals surface area contributed by atoms with Crippen LogP contribution in [0.2, 0.25) is 0 Å². The molecular weight excluding hydrogens is 1050 g/mol. The summed E-state index contributed by atoms with van der Waals surface area (Å²) in [5.41, 5.74) is 0. The summed E-state index contributed by atoms with van der Waals surface area (Å²) >= 11 is 0. The number of aliphatic carboxylic acids is 1. The van der Waals surface area contributed by atoms with Crippen molar-refractivity contribution in [2.75, 3.05) is 47.5 Å². The van der Waals surface area contributed by atoms with E-state index in [0.29, 0.717) is 17.4 Å². The number of rotatable bonds is 64. The number of carbonyl (C=O) groups excluding carboxylic acids is 3. The van der Waals surface area contributed by atoms with Crippen molar-refractivity contribution in [1.82, 2.24) is 0 Å². The maximum absolute atomic E-state index is 12.9. The van der Waals surface area contributed by atoms with E-state index in [9.17, 15) is 19.5 Å². The molecule has 0 aromatic heterocycles. The van der Waals surface area contributed by atoms with Gasteiger partial charge >= 0.3 is 11.9 Å². The number of carbonyl (C=O) groups is 3. The van der Waals surface area contributed by atoms with Crippen LogP contribution in [0.5, 0.6) is 0 Å². The van der Waals surface area contributed by atoms with Gasteiger partial charge in [-0.2, -0.15) is 0 Å². The molecule has 0 saturated heterocycles. The van der Waals surface area contributed by atoms with Crippen LogP contribution in [-0.2, 0) is 33.3 Å². The van der Waals surface area contributed by atoms with Gasteiger partial charge in [0.25, 0.3) is 0 Å². The molecule has 0 spiro atoms. The minimum atomic E-state index is -1.63. The Morgan fingerprint density at radius 1 is 0.353 bits per heavy atom. The number of likely N-dealkylation sites (N-methyl/N-ethyl adjacent to an activating group) is 1. The molecule has 0 bridgehead atoms. The molecule has 2 atom stereocenters. The van der Waals surface area contributed by atoms with Crippen molar-refractivity contribution >= 4 is 17.9 Å². The van der Waals surface area contributed by atoms with Crippen molar-refractivity contribution in [1.29, 1.82) is 0 Å². The average Bonchev–Trinajstić information content (AvgIpc) is 3.48. The van der Waals surface area contributed by atoms with E-state index in [-0.39, 0.29) is 38.6 Å². The number of esters is 2. The number of carboxylic acid groups (broad SMARTS) is 1. The number of hydrogen-bond acceptors (Lipinski definition) is 8. The molecule has 0 amide bonds. The van der Waals surface area contributed by atoms with Crippen molar-refractivity contribution in [3.63, 3.8) is 0 Å². The number of unbranched alkanes of at least 4 members (excludes halogenated alkanes) is 31. The minimum absolute atomic E-state index is 0.144. The summed E-state index contributed by atoms with van der Waals surface area (Å²) in [5.74, 6) is -2.28. The Morgan fingerprint density at radius 3 is 0.941 bits per heavy atom. The predicted octanol–water partition coefficient (Wildman–Crippen LogP) is 20.5. The van der Waals surface area contributed by atoms with Crippen molar-refractivity contribution in [3.05, 3.63) is 109 Å². The second-order valence-electron chi connectivity index (χ2n) is 24.4. The zero-order valence-electron chi connectivity index (χ0n) is 55.7. The first-order chi connectivity index (χ1) is 41.6. The van der Waals surface area contributed by atoms with Crippen LogP contribution in [0, 0.1) is 0 Å². The summed E-state index contributed by atoms with van der Waals surface area (Å²) in [7, 11) is 5.93. The van der Waals surface area contributed by atoms with Gasteiger partial charge in [-0.15, -0.1) is 0 Å². The van der Waals surface area contributed by atoms with Crippen LogP contribution in [0.1, 0.15) is 296 Å². The monoisotopic (exact) mass is 1190 g/mol. The van der Waals surface area contributed by atoms with Crippen molar-refractivity contribution in [3.8, 4) is 0 Å². The Kier molecular flexibility index (Phi) is 62.8. The van der Waals surface area contributed by atoms with Gasteiger partial charge in [-0.05, 0) is 96.3 Å². The van der Waals surface area contributed by atoms with Crippen molar-refractivity contribution in [2.24, 2.45) is 0 Å². The van der Waals surface area contributed by atoms with Gasteiger partial charge in [0.2, 0.25) is 0 Å². The Labute approximate surface area is 524 Å². The lowest BCUT2D eigenvalue weighted by Gasteiger charge is -2.26. The summed E-state index contributed by atoms with van der Waals surface area (Å²) in [6.45, 7) is 4.54. The minimum Gasteiger partial charge on any atom is -0.545 e. The third kappa shape index (κ3) is 67.3. The van der Waals surface area contributed by atoms with Gasteiger partial charge in [-0.1, -0.05) is 297 Å². The molecule has 0 saturated carbocycles. The van der Waals surface area contributed by atoms with Gasteiger partial charge in [0.1, 0.15) is 13.2 Å². The number of ether oxygens (including phenoxy) is 4. The predicted molar refractivity (Wildman–Crippen MR) is 361 cm³/mol. The Hall–Kier alpha value is -4.05. The fourth-order valence-electron chi connectivity index (χ4n) is 9.73. The summed E-state index contributed by atoms with van der Waals surface area (Å²) in [6, 6.07) is 0. The normalized spacial score (nSPS) is 13.4. The van der Waals surface area contributed by atoms with Crippen molar-refractivity contribution < 1.29 is 42.9 Å². The fraction of sp³-hybridized carbons (Fsp3) is 0.724. The van der Waals surface area contributed by atoms with Gasteiger partial charge in [-0.25, -0.2) is 0 Å². The third-order valence-corrected chi connectivity index (χ3v) is 15.0. The Morgan fingerprint density at radius 2 is 0.635 bits per heavy atom. The number of nitrogens with zero attached hydrogens (tertiary/aromatic N) is 1. The highest BCUT2D eigenvalue weighted by Gasteiger charge is 2.22. The van der Waals surface area contributed by atoms with Gasteiger partial charge < -0.3 is 33.3 Å². The van der Waals surface area contributed by atoms with Crippen LogP contribution in [0.3, 0.4) is 0 Å². The highest BCUT2D eigenvalue weighted by atomic mass is 16.7. The average molecular weight is 1190 g/mol. The standard InChI is InChI=1S/C76H131NO8/c1-6-8-10-12-14-16-18-20-22-24-26-28-30-32-34-35-36-37-38-39-41-42-44-46-48-50-52-54-56-58-60-62-64-66-73(78)83-70-72(71-84-76(75(80)81)82-69-68-77(3,4)5)85-74(79)67-65-63-61-59-57-55-53-51-49-47-45-43-40-33-31-29-27-25-23-21-19-17-15-13-11-9-7-2/h8-11,14-17,20-23,26-29,33,40,72,76H,6-7,12-13,18-19,24-25,30-32,34-39,41-71H2,1-5H3/b10-8-,11-9-,16-14-,17-15-,22-20-,23-21-,28-26-,29-27-,40-33-. The summed E-state index contributed by atoms with van der Waals surface area (Å²) in [6.07, 6.45) is 88.8. The van der Waals surface area contributed by atoms with Gasteiger partial charge in [-0.3, -0.25) is 9.59 Å². The second-order valence-corrected chi connectivity index (χ2v) is 24.4. The molecule has 0 aliphatic carbocycles. The van der Waals surface area contributed by atoms with Gasteiger partial charge in [0, 0.05) is 12.8 Å². The number of allylic oxidation sites excluding steroid dienone is 18. The molecule has 0 aliphatic heterocycles. The van der Waals surface area contributed by atoms with Gasteiger partial charge in [0.15, 0.2) is 12.4 Å². The molecule has 2 unspecified atom stereocenters. The maximum Gasteiger partial charge on any atom is 0.306 e. The SMILES string of the molecule is CC/C=C\C/C=C\C/C=C\C/C=C\C/C=C\CCCCCCCCCCCCCC(=O)OC(COC(=O)CCCCCCCCCCCCCCCCCCCCCC/C=C\C/C=C\C/C=C\C/C=C\CC)COC(OCC[N+](C)(C)C)C(=O)[O-]. The van der Waals surface area contributed by atoms with E-state index in [4.69, 9.17) is 18.9 Å². The van der Waals surface area contributed by atoms with E-state index in [1.165, 1.54) is 161 Å². The summed E-state index contributed by atoms with van der Waals surface area (Å²) in [5, 5.41) is 11.8. The van der Waals surface area contributed by atoms with E-state index in [1.54, 1.807) is 0 Å². The topological polar surface area (TPSA) is 111 Å². The molecule has 488 valence electrons.